The number of nitrogens with zero attached hydrogens (tertiary/aromatic N) is 1. The first-order chi connectivity index (χ1) is 10.1. The average Bonchev–Trinajstić information content (AvgIpc) is 2.90. The number of methoxy groups -OCH3 is 1. The zero-order chi connectivity index (χ0) is 15.2. The molecule has 5 nitrogen and oxygen atoms in total. The second-order valence-electron chi connectivity index (χ2n) is 4.90. The Morgan fingerprint density at radius 3 is 2.76 bits per heavy atom. The highest BCUT2D eigenvalue weighted by Gasteiger charge is 2.13. The standard InChI is InChI=1S/C16H22N2O3/c1-5-17-12(3)15-7-6-14(19-4)9-16(15)20-10-13-8-11(2)21-18-13/h6-9,12,17H,5,10H2,1-4H3. The van der Waals surface area contributed by atoms with Crippen LogP contribution in [0.25, 0.3) is 0 Å². The van der Waals surface area contributed by atoms with Crippen molar-refractivity contribution in [3.63, 3.8) is 0 Å². The molecule has 114 valence electrons. The van der Waals surface area contributed by atoms with Gasteiger partial charge in [0.15, 0.2) is 0 Å². The van der Waals surface area contributed by atoms with E-state index in [0.29, 0.717) is 6.61 Å². The number of benzene rings is 1. The van der Waals surface area contributed by atoms with E-state index >= 15 is 0 Å². The van der Waals surface area contributed by atoms with Crippen LogP contribution in [0.1, 0.15) is 36.9 Å². The summed E-state index contributed by atoms with van der Waals surface area (Å²) in [6.07, 6.45) is 0. The number of rotatable bonds is 7. The summed E-state index contributed by atoms with van der Waals surface area (Å²) >= 11 is 0. The molecule has 0 aliphatic carbocycles. The van der Waals surface area contributed by atoms with E-state index in [-0.39, 0.29) is 6.04 Å². The maximum absolute atomic E-state index is 5.90. The van der Waals surface area contributed by atoms with Gasteiger partial charge in [-0.2, -0.15) is 0 Å². The van der Waals surface area contributed by atoms with E-state index in [1.54, 1.807) is 7.11 Å². The molecule has 1 aromatic heterocycles. The third kappa shape index (κ3) is 3.98. The predicted octanol–water partition coefficient (Wildman–Crippen LogP) is 3.24. The zero-order valence-electron chi connectivity index (χ0n) is 13.0. The number of nitrogens with one attached hydrogen (secondary N) is 1. The fraction of sp³-hybridized carbons (Fsp3) is 0.438. The Morgan fingerprint density at radius 2 is 2.14 bits per heavy atom. The molecule has 2 rings (SSSR count). The van der Waals surface area contributed by atoms with Crippen LogP contribution in [0.3, 0.4) is 0 Å². The topological polar surface area (TPSA) is 56.5 Å². The molecule has 0 amide bonds. The summed E-state index contributed by atoms with van der Waals surface area (Å²) in [5.41, 5.74) is 1.87. The Labute approximate surface area is 125 Å². The second-order valence-corrected chi connectivity index (χ2v) is 4.90. The van der Waals surface area contributed by atoms with E-state index in [9.17, 15) is 0 Å². The molecule has 0 radical (unpaired) electrons. The van der Waals surface area contributed by atoms with Crippen molar-refractivity contribution in [3.8, 4) is 11.5 Å². The molecule has 0 spiro atoms. The van der Waals surface area contributed by atoms with Crippen LogP contribution in [0.4, 0.5) is 0 Å². The minimum atomic E-state index is 0.204. The van der Waals surface area contributed by atoms with Crippen molar-refractivity contribution in [3.05, 3.63) is 41.3 Å². The maximum Gasteiger partial charge on any atom is 0.134 e. The quantitative estimate of drug-likeness (QED) is 0.848. The Kier molecular flexibility index (Phi) is 5.22. The summed E-state index contributed by atoms with van der Waals surface area (Å²) in [7, 11) is 1.65. The SMILES string of the molecule is CCNC(C)c1ccc(OC)cc1OCc1cc(C)on1. The lowest BCUT2D eigenvalue weighted by molar-refractivity contribution is 0.281. The number of hydrogen-bond donors (Lipinski definition) is 1. The fourth-order valence-electron chi connectivity index (χ4n) is 2.18. The Balaban J connectivity index is 2.17. The Bertz CT molecular complexity index is 581. The molecule has 0 bridgehead atoms. The molecule has 1 N–H and O–H groups in total. The summed E-state index contributed by atoms with van der Waals surface area (Å²) in [6, 6.07) is 7.94. The molecule has 0 saturated heterocycles. The van der Waals surface area contributed by atoms with Crippen LogP contribution in [-0.4, -0.2) is 18.8 Å². The summed E-state index contributed by atoms with van der Waals surface area (Å²) < 4.78 is 16.2. The van der Waals surface area contributed by atoms with Gasteiger partial charge in [0.1, 0.15) is 29.6 Å². The van der Waals surface area contributed by atoms with Gasteiger partial charge < -0.3 is 19.3 Å². The molecule has 0 fully saturated rings. The highest BCUT2D eigenvalue weighted by molar-refractivity contribution is 5.42. The minimum Gasteiger partial charge on any atom is -0.497 e. The largest absolute Gasteiger partial charge is 0.497 e. The molecule has 0 saturated carbocycles. The van der Waals surface area contributed by atoms with Gasteiger partial charge in [0, 0.05) is 23.7 Å². The second kappa shape index (κ2) is 7.13. The molecule has 1 unspecified atom stereocenters. The normalized spacial score (nSPS) is 12.2. The number of aromatic nitrogens is 1. The van der Waals surface area contributed by atoms with Crippen molar-refractivity contribution in [2.75, 3.05) is 13.7 Å². The minimum absolute atomic E-state index is 0.204. The van der Waals surface area contributed by atoms with E-state index in [1.165, 1.54) is 0 Å². The van der Waals surface area contributed by atoms with Gasteiger partial charge in [-0.05, 0) is 26.5 Å². The summed E-state index contributed by atoms with van der Waals surface area (Å²) in [4.78, 5) is 0. The average molecular weight is 290 g/mol. The molecule has 5 heteroatoms. The summed E-state index contributed by atoms with van der Waals surface area (Å²) in [5.74, 6) is 2.35. The lowest BCUT2D eigenvalue weighted by atomic mass is 10.1. The van der Waals surface area contributed by atoms with Crippen molar-refractivity contribution in [2.24, 2.45) is 0 Å². The maximum atomic E-state index is 5.90. The third-order valence-electron chi connectivity index (χ3n) is 3.25. The molecule has 21 heavy (non-hydrogen) atoms. The predicted molar refractivity (Wildman–Crippen MR) is 80.7 cm³/mol. The van der Waals surface area contributed by atoms with E-state index in [1.807, 2.05) is 31.2 Å². The van der Waals surface area contributed by atoms with Crippen LogP contribution in [0.5, 0.6) is 11.5 Å². The number of aryl methyl sites for hydroxylation is 1. The van der Waals surface area contributed by atoms with Crippen molar-refractivity contribution in [2.45, 2.75) is 33.4 Å². The first-order valence-corrected chi connectivity index (χ1v) is 7.10. The van der Waals surface area contributed by atoms with Crippen LogP contribution in [-0.2, 0) is 6.61 Å². The van der Waals surface area contributed by atoms with E-state index < -0.39 is 0 Å². The van der Waals surface area contributed by atoms with Crippen LogP contribution >= 0.6 is 0 Å². The fourth-order valence-corrected chi connectivity index (χ4v) is 2.18. The Morgan fingerprint density at radius 1 is 1.33 bits per heavy atom. The summed E-state index contributed by atoms with van der Waals surface area (Å²) in [6.45, 7) is 7.32. The molecule has 1 atom stereocenters. The first kappa shape index (κ1) is 15.4. The van der Waals surface area contributed by atoms with E-state index in [2.05, 4.69) is 24.3 Å². The molecule has 0 aliphatic heterocycles. The van der Waals surface area contributed by atoms with Gasteiger partial charge in [0.2, 0.25) is 0 Å². The molecule has 1 heterocycles. The van der Waals surface area contributed by atoms with Gasteiger partial charge in [-0.15, -0.1) is 0 Å². The van der Waals surface area contributed by atoms with Gasteiger partial charge in [-0.1, -0.05) is 18.1 Å². The van der Waals surface area contributed by atoms with E-state index in [0.717, 1.165) is 35.1 Å². The lowest BCUT2D eigenvalue weighted by Crippen LogP contribution is -2.18. The van der Waals surface area contributed by atoms with Gasteiger partial charge in [0.25, 0.3) is 0 Å². The van der Waals surface area contributed by atoms with Gasteiger partial charge in [0.05, 0.1) is 7.11 Å². The summed E-state index contributed by atoms with van der Waals surface area (Å²) in [5, 5.41) is 7.32. The molecular formula is C16H22N2O3. The van der Waals surface area contributed by atoms with Gasteiger partial charge in [-0.3, -0.25) is 0 Å². The molecule has 2 aromatic rings. The van der Waals surface area contributed by atoms with Crippen LogP contribution in [0, 0.1) is 6.92 Å². The molecule has 0 aliphatic rings. The monoisotopic (exact) mass is 290 g/mol. The zero-order valence-corrected chi connectivity index (χ0v) is 13.0. The van der Waals surface area contributed by atoms with Gasteiger partial charge >= 0.3 is 0 Å². The van der Waals surface area contributed by atoms with Crippen molar-refractivity contribution < 1.29 is 14.0 Å². The van der Waals surface area contributed by atoms with Gasteiger partial charge in [-0.25, -0.2) is 0 Å². The van der Waals surface area contributed by atoms with Crippen LogP contribution in [0.2, 0.25) is 0 Å². The van der Waals surface area contributed by atoms with Crippen LogP contribution in [0.15, 0.2) is 28.8 Å². The highest BCUT2D eigenvalue weighted by atomic mass is 16.5. The first-order valence-electron chi connectivity index (χ1n) is 7.10. The number of hydrogen-bond acceptors (Lipinski definition) is 5. The number of ether oxygens (including phenoxy) is 2. The van der Waals surface area contributed by atoms with Crippen molar-refractivity contribution in [1.29, 1.82) is 0 Å². The van der Waals surface area contributed by atoms with Crippen LogP contribution < -0.4 is 14.8 Å². The highest BCUT2D eigenvalue weighted by Crippen LogP contribution is 2.30. The Hall–Kier alpha value is -2.01. The van der Waals surface area contributed by atoms with Crippen molar-refractivity contribution in [1.82, 2.24) is 10.5 Å². The smallest absolute Gasteiger partial charge is 0.134 e. The third-order valence-corrected chi connectivity index (χ3v) is 3.25. The van der Waals surface area contributed by atoms with Crippen molar-refractivity contribution >= 4 is 0 Å². The van der Waals surface area contributed by atoms with E-state index in [4.69, 9.17) is 14.0 Å². The molecular weight excluding hydrogens is 268 g/mol. The lowest BCUT2D eigenvalue weighted by Gasteiger charge is -2.18. The molecule has 1 aromatic carbocycles.